The molecule has 0 radical (unpaired) electrons. The van der Waals surface area contributed by atoms with Crippen LogP contribution in [-0.4, -0.2) is 66.0 Å². The lowest BCUT2D eigenvalue weighted by molar-refractivity contribution is -0.143. The topological polar surface area (TPSA) is 90.0 Å². The standard InChI is InChI=1S/C13H23N3O4/c1-4-15(3)11(17)6-14-13(20)16-7-9(2)5-10(8-16)12(18)19/h9-10H,4-8H2,1-3H3,(H,14,20)(H,18,19). The third-order valence-corrected chi connectivity index (χ3v) is 3.59. The molecule has 1 saturated heterocycles. The molecule has 114 valence electrons. The summed E-state index contributed by atoms with van der Waals surface area (Å²) in [5.74, 6) is -1.43. The van der Waals surface area contributed by atoms with Gasteiger partial charge in [0, 0.05) is 26.7 Å². The van der Waals surface area contributed by atoms with Crippen molar-refractivity contribution in [1.82, 2.24) is 15.1 Å². The van der Waals surface area contributed by atoms with E-state index in [4.69, 9.17) is 5.11 Å². The van der Waals surface area contributed by atoms with Gasteiger partial charge in [0.1, 0.15) is 0 Å². The summed E-state index contributed by atoms with van der Waals surface area (Å²) in [5, 5.41) is 11.6. The van der Waals surface area contributed by atoms with Crippen molar-refractivity contribution in [3.63, 3.8) is 0 Å². The van der Waals surface area contributed by atoms with Crippen molar-refractivity contribution in [2.45, 2.75) is 20.3 Å². The Morgan fingerprint density at radius 2 is 2.00 bits per heavy atom. The van der Waals surface area contributed by atoms with E-state index in [0.29, 0.717) is 19.5 Å². The fourth-order valence-electron chi connectivity index (χ4n) is 2.27. The van der Waals surface area contributed by atoms with Crippen LogP contribution in [-0.2, 0) is 9.59 Å². The molecule has 1 aliphatic rings. The summed E-state index contributed by atoms with van der Waals surface area (Å²) in [7, 11) is 1.66. The molecule has 0 saturated carbocycles. The number of amides is 3. The molecule has 0 aromatic heterocycles. The zero-order valence-electron chi connectivity index (χ0n) is 12.3. The second kappa shape index (κ2) is 7.12. The Hall–Kier alpha value is -1.79. The van der Waals surface area contributed by atoms with Crippen LogP contribution < -0.4 is 5.32 Å². The average Bonchev–Trinajstić information content (AvgIpc) is 2.42. The lowest BCUT2D eigenvalue weighted by Gasteiger charge is -2.34. The van der Waals surface area contributed by atoms with Gasteiger partial charge in [0.2, 0.25) is 5.91 Å². The number of likely N-dealkylation sites (tertiary alicyclic amines) is 1. The molecule has 7 heteroatoms. The summed E-state index contributed by atoms with van der Waals surface area (Å²) in [4.78, 5) is 37.6. The molecule has 0 aromatic carbocycles. The second-order valence-corrected chi connectivity index (χ2v) is 5.35. The molecule has 20 heavy (non-hydrogen) atoms. The zero-order chi connectivity index (χ0) is 15.3. The molecular formula is C13H23N3O4. The first-order chi connectivity index (χ1) is 9.35. The van der Waals surface area contributed by atoms with Crippen molar-refractivity contribution in [2.75, 3.05) is 33.2 Å². The molecule has 1 aliphatic heterocycles. The van der Waals surface area contributed by atoms with E-state index < -0.39 is 11.9 Å². The number of hydrogen-bond acceptors (Lipinski definition) is 3. The fourth-order valence-corrected chi connectivity index (χ4v) is 2.27. The maximum absolute atomic E-state index is 12.0. The monoisotopic (exact) mass is 285 g/mol. The van der Waals surface area contributed by atoms with E-state index >= 15 is 0 Å². The zero-order valence-corrected chi connectivity index (χ0v) is 12.3. The van der Waals surface area contributed by atoms with Gasteiger partial charge in [-0.05, 0) is 19.3 Å². The van der Waals surface area contributed by atoms with Crippen LogP contribution in [0.25, 0.3) is 0 Å². The number of rotatable bonds is 4. The Bertz CT molecular complexity index is 386. The molecule has 2 atom stereocenters. The maximum atomic E-state index is 12.0. The SMILES string of the molecule is CCN(C)C(=O)CNC(=O)N1CC(C)CC(C(=O)O)C1. The van der Waals surface area contributed by atoms with Crippen LogP contribution in [0.5, 0.6) is 0 Å². The molecule has 0 spiro atoms. The normalized spacial score (nSPS) is 22.2. The lowest BCUT2D eigenvalue weighted by atomic mass is 9.91. The van der Waals surface area contributed by atoms with E-state index in [1.54, 1.807) is 7.05 Å². The van der Waals surface area contributed by atoms with Crippen molar-refractivity contribution in [1.29, 1.82) is 0 Å². The van der Waals surface area contributed by atoms with Gasteiger partial charge in [-0.3, -0.25) is 9.59 Å². The molecule has 3 amide bonds. The van der Waals surface area contributed by atoms with Gasteiger partial charge < -0.3 is 20.2 Å². The van der Waals surface area contributed by atoms with Gasteiger partial charge in [-0.15, -0.1) is 0 Å². The number of aliphatic carboxylic acids is 1. The highest BCUT2D eigenvalue weighted by atomic mass is 16.4. The van der Waals surface area contributed by atoms with Crippen LogP contribution in [0.15, 0.2) is 0 Å². The molecule has 0 bridgehead atoms. The summed E-state index contributed by atoms with van der Waals surface area (Å²) >= 11 is 0. The number of nitrogens with one attached hydrogen (secondary N) is 1. The number of nitrogens with zero attached hydrogens (tertiary/aromatic N) is 2. The lowest BCUT2D eigenvalue weighted by Crippen LogP contribution is -2.51. The third-order valence-electron chi connectivity index (χ3n) is 3.59. The minimum atomic E-state index is -0.879. The van der Waals surface area contributed by atoms with E-state index in [0.717, 1.165) is 0 Å². The molecule has 0 aromatic rings. The number of hydrogen-bond donors (Lipinski definition) is 2. The van der Waals surface area contributed by atoms with E-state index in [1.165, 1.54) is 9.80 Å². The van der Waals surface area contributed by atoms with E-state index in [-0.39, 0.29) is 30.9 Å². The van der Waals surface area contributed by atoms with Gasteiger partial charge in [-0.25, -0.2) is 4.79 Å². The first-order valence-corrected chi connectivity index (χ1v) is 6.84. The molecule has 7 nitrogen and oxygen atoms in total. The largest absolute Gasteiger partial charge is 0.481 e. The van der Waals surface area contributed by atoms with Crippen LogP contribution >= 0.6 is 0 Å². The number of piperidine rings is 1. The average molecular weight is 285 g/mol. The van der Waals surface area contributed by atoms with Gasteiger partial charge in [0.05, 0.1) is 12.5 Å². The highest BCUT2D eigenvalue weighted by molar-refractivity contribution is 5.84. The van der Waals surface area contributed by atoms with Crippen molar-refractivity contribution in [3.05, 3.63) is 0 Å². The second-order valence-electron chi connectivity index (χ2n) is 5.35. The van der Waals surface area contributed by atoms with E-state index in [9.17, 15) is 14.4 Å². The third kappa shape index (κ3) is 4.40. The Balaban J connectivity index is 2.50. The first kappa shape index (κ1) is 16.3. The summed E-state index contributed by atoms with van der Waals surface area (Å²) in [6, 6.07) is -0.374. The van der Waals surface area contributed by atoms with E-state index in [2.05, 4.69) is 5.32 Å². The highest BCUT2D eigenvalue weighted by Gasteiger charge is 2.31. The van der Waals surface area contributed by atoms with Crippen LogP contribution in [0.1, 0.15) is 20.3 Å². The van der Waals surface area contributed by atoms with Crippen molar-refractivity contribution in [3.8, 4) is 0 Å². The minimum absolute atomic E-state index is 0.0637. The summed E-state index contributed by atoms with van der Waals surface area (Å²) < 4.78 is 0. The predicted octanol–water partition coefficient (Wildman–Crippen LogP) is 0.217. The number of likely N-dealkylation sites (N-methyl/N-ethyl adjacent to an activating group) is 1. The Kier molecular flexibility index (Phi) is 5.79. The number of carboxylic acids is 1. The molecule has 1 rings (SSSR count). The minimum Gasteiger partial charge on any atom is -0.481 e. The number of carbonyl (C=O) groups is 3. The van der Waals surface area contributed by atoms with Gasteiger partial charge in [-0.2, -0.15) is 0 Å². The van der Waals surface area contributed by atoms with E-state index in [1.807, 2.05) is 13.8 Å². The summed E-state index contributed by atoms with van der Waals surface area (Å²) in [6.07, 6.45) is 0.580. The molecule has 2 N–H and O–H groups in total. The van der Waals surface area contributed by atoms with Gasteiger partial charge in [0.25, 0.3) is 0 Å². The smallest absolute Gasteiger partial charge is 0.317 e. The van der Waals surface area contributed by atoms with Crippen LogP contribution in [0, 0.1) is 11.8 Å². The fraction of sp³-hybridized carbons (Fsp3) is 0.769. The molecule has 2 unspecified atom stereocenters. The predicted molar refractivity (Wildman–Crippen MR) is 73.2 cm³/mol. The maximum Gasteiger partial charge on any atom is 0.317 e. The van der Waals surface area contributed by atoms with Crippen LogP contribution in [0.3, 0.4) is 0 Å². The van der Waals surface area contributed by atoms with Gasteiger partial charge in [-0.1, -0.05) is 6.92 Å². The van der Waals surface area contributed by atoms with Crippen LogP contribution in [0.2, 0.25) is 0 Å². The number of carbonyl (C=O) groups excluding carboxylic acids is 2. The van der Waals surface area contributed by atoms with Crippen molar-refractivity contribution in [2.24, 2.45) is 11.8 Å². The highest BCUT2D eigenvalue weighted by Crippen LogP contribution is 2.21. The molecule has 0 aliphatic carbocycles. The quantitative estimate of drug-likeness (QED) is 0.773. The van der Waals surface area contributed by atoms with Gasteiger partial charge >= 0.3 is 12.0 Å². The number of urea groups is 1. The first-order valence-electron chi connectivity index (χ1n) is 6.84. The van der Waals surface area contributed by atoms with Crippen LogP contribution in [0.4, 0.5) is 4.79 Å². The van der Waals surface area contributed by atoms with Crippen molar-refractivity contribution < 1.29 is 19.5 Å². The molecular weight excluding hydrogens is 262 g/mol. The van der Waals surface area contributed by atoms with Gasteiger partial charge in [0.15, 0.2) is 0 Å². The Labute approximate surface area is 118 Å². The summed E-state index contributed by atoms with van der Waals surface area (Å²) in [6.45, 7) is 5.01. The summed E-state index contributed by atoms with van der Waals surface area (Å²) in [5.41, 5.74) is 0. The Morgan fingerprint density at radius 1 is 1.35 bits per heavy atom. The molecule has 1 heterocycles. The number of carboxylic acid groups (broad SMARTS) is 1. The Morgan fingerprint density at radius 3 is 2.55 bits per heavy atom. The molecule has 1 fully saturated rings. The van der Waals surface area contributed by atoms with Crippen molar-refractivity contribution >= 4 is 17.9 Å².